The average Bonchev–Trinajstić information content (AvgIpc) is 3.06. The molecule has 0 aliphatic carbocycles. The van der Waals surface area contributed by atoms with E-state index in [4.69, 9.17) is 9.47 Å². The highest BCUT2D eigenvalue weighted by atomic mass is 16.6. The van der Waals surface area contributed by atoms with Crippen molar-refractivity contribution in [1.29, 1.82) is 0 Å². The number of ether oxygens (including phenoxy) is 2. The Morgan fingerprint density at radius 1 is 0.522 bits per heavy atom. The first kappa shape index (κ1) is 43.3. The minimum absolute atomic E-state index is 0.0906. The van der Waals surface area contributed by atoms with Crippen molar-refractivity contribution in [3.05, 3.63) is 72.9 Å². The first-order valence-electron chi connectivity index (χ1n) is 18.5. The number of hydrogen-bond acceptors (Lipinski definition) is 5. The van der Waals surface area contributed by atoms with Crippen LogP contribution in [-0.2, 0) is 19.1 Å². The Balaban J connectivity index is 3.67. The molecule has 5 heteroatoms. The fourth-order valence-electron chi connectivity index (χ4n) is 4.69. The Kier molecular flexibility index (Phi) is 34.7. The van der Waals surface area contributed by atoms with Crippen LogP contribution in [0.1, 0.15) is 155 Å². The summed E-state index contributed by atoms with van der Waals surface area (Å²) >= 11 is 0. The summed E-state index contributed by atoms with van der Waals surface area (Å²) in [6, 6.07) is 0. The first-order chi connectivity index (χ1) is 22.6. The third-order valence-corrected chi connectivity index (χ3v) is 7.48. The fourth-order valence-corrected chi connectivity index (χ4v) is 4.69. The van der Waals surface area contributed by atoms with E-state index in [1.165, 1.54) is 51.4 Å². The molecule has 0 spiro atoms. The lowest BCUT2D eigenvalue weighted by Gasteiger charge is -2.15. The van der Waals surface area contributed by atoms with Crippen molar-refractivity contribution in [2.24, 2.45) is 0 Å². The lowest BCUT2D eigenvalue weighted by atomic mass is 10.1. The molecule has 46 heavy (non-hydrogen) atoms. The number of aliphatic hydroxyl groups is 1. The van der Waals surface area contributed by atoms with Crippen LogP contribution in [0, 0.1) is 0 Å². The van der Waals surface area contributed by atoms with Crippen LogP contribution in [0.25, 0.3) is 0 Å². The van der Waals surface area contributed by atoms with Gasteiger partial charge in [0, 0.05) is 12.8 Å². The lowest BCUT2D eigenvalue weighted by Crippen LogP contribution is -2.28. The van der Waals surface area contributed by atoms with Gasteiger partial charge in [0.2, 0.25) is 0 Å². The molecule has 0 unspecified atom stereocenters. The van der Waals surface area contributed by atoms with E-state index in [2.05, 4.69) is 86.8 Å². The summed E-state index contributed by atoms with van der Waals surface area (Å²) in [6.45, 7) is 3.93. The summed E-state index contributed by atoms with van der Waals surface area (Å²) in [4.78, 5) is 24.2. The largest absolute Gasteiger partial charge is 0.462 e. The maximum Gasteiger partial charge on any atom is 0.306 e. The van der Waals surface area contributed by atoms with E-state index in [1.807, 2.05) is 0 Å². The average molecular weight is 641 g/mol. The monoisotopic (exact) mass is 641 g/mol. The van der Waals surface area contributed by atoms with Crippen LogP contribution in [0.3, 0.4) is 0 Å². The predicted molar refractivity (Wildman–Crippen MR) is 196 cm³/mol. The molecule has 0 amide bonds. The first-order valence-corrected chi connectivity index (χ1v) is 18.5. The van der Waals surface area contributed by atoms with Gasteiger partial charge in [-0.3, -0.25) is 9.59 Å². The number of hydrogen-bond donors (Lipinski definition) is 1. The molecule has 0 aromatic carbocycles. The van der Waals surface area contributed by atoms with E-state index < -0.39 is 6.10 Å². The smallest absolute Gasteiger partial charge is 0.306 e. The molecule has 0 aromatic rings. The summed E-state index contributed by atoms with van der Waals surface area (Å²) in [5.41, 5.74) is 0. The zero-order valence-electron chi connectivity index (χ0n) is 29.6. The highest BCUT2D eigenvalue weighted by Gasteiger charge is 2.16. The third-order valence-electron chi connectivity index (χ3n) is 7.48. The molecule has 0 aliphatic rings. The second-order valence-electron chi connectivity index (χ2n) is 11.9. The van der Waals surface area contributed by atoms with Gasteiger partial charge in [0.15, 0.2) is 6.10 Å². The zero-order chi connectivity index (χ0) is 33.6. The van der Waals surface area contributed by atoms with Gasteiger partial charge in [-0.1, -0.05) is 132 Å². The van der Waals surface area contributed by atoms with Gasteiger partial charge in [0.25, 0.3) is 0 Å². The molecule has 0 fully saturated rings. The van der Waals surface area contributed by atoms with E-state index in [0.717, 1.165) is 77.0 Å². The molecule has 0 aliphatic heterocycles. The lowest BCUT2D eigenvalue weighted by molar-refractivity contribution is -0.161. The van der Waals surface area contributed by atoms with Gasteiger partial charge >= 0.3 is 11.9 Å². The standard InChI is InChI=1S/C41H68O5/c1-3-5-7-9-11-13-15-17-19-20-22-23-25-27-29-31-33-35-40(43)45-38-39(37-42)46-41(44)36-34-32-30-28-26-24-21-18-16-14-12-10-8-6-4-2/h6,8,11-14,17-19,21,26,28,39,42H,3-5,7,9-10,15-16,20,22-25,27,29-38H2,1-2H3/t39-/m0/s1. The molecule has 0 rings (SSSR count). The molecule has 0 radical (unpaired) electrons. The maximum atomic E-state index is 12.1. The van der Waals surface area contributed by atoms with Crippen molar-refractivity contribution < 1.29 is 24.2 Å². The molecular formula is C41H68O5. The molecule has 0 saturated carbocycles. The van der Waals surface area contributed by atoms with Crippen molar-refractivity contribution in [2.45, 2.75) is 161 Å². The maximum absolute atomic E-state index is 12.1. The number of allylic oxidation sites excluding steroid dienone is 12. The summed E-state index contributed by atoms with van der Waals surface area (Å²) in [5.74, 6) is -0.656. The minimum atomic E-state index is -0.798. The third kappa shape index (κ3) is 34.2. The Hall–Kier alpha value is -2.66. The van der Waals surface area contributed by atoms with Crippen molar-refractivity contribution in [2.75, 3.05) is 13.2 Å². The summed E-state index contributed by atoms with van der Waals surface area (Å²) in [7, 11) is 0. The van der Waals surface area contributed by atoms with Gasteiger partial charge in [-0.05, 0) is 83.5 Å². The Labute approximate surface area is 283 Å². The normalized spacial score (nSPS) is 13.0. The van der Waals surface area contributed by atoms with Crippen LogP contribution in [0.5, 0.6) is 0 Å². The van der Waals surface area contributed by atoms with Crippen molar-refractivity contribution in [3.8, 4) is 0 Å². The van der Waals surface area contributed by atoms with E-state index in [0.29, 0.717) is 12.8 Å². The van der Waals surface area contributed by atoms with Crippen LogP contribution >= 0.6 is 0 Å². The van der Waals surface area contributed by atoms with Crippen molar-refractivity contribution in [3.63, 3.8) is 0 Å². The van der Waals surface area contributed by atoms with E-state index in [9.17, 15) is 14.7 Å². The van der Waals surface area contributed by atoms with Gasteiger partial charge in [0.1, 0.15) is 6.61 Å². The van der Waals surface area contributed by atoms with Crippen molar-refractivity contribution in [1.82, 2.24) is 0 Å². The summed E-state index contributed by atoms with van der Waals surface area (Å²) < 4.78 is 10.5. The second-order valence-corrected chi connectivity index (χ2v) is 11.9. The highest BCUT2D eigenvalue weighted by molar-refractivity contribution is 5.70. The molecule has 0 saturated heterocycles. The SMILES string of the molecule is CCC=CCC=CCC=CCC=CCCCCC(=O)O[C@@H](CO)COC(=O)CCCCCCCCCC=CCC=CCCCCC. The van der Waals surface area contributed by atoms with E-state index >= 15 is 0 Å². The number of esters is 2. The summed E-state index contributed by atoms with van der Waals surface area (Å²) in [6.07, 6.45) is 48.1. The van der Waals surface area contributed by atoms with Crippen molar-refractivity contribution >= 4 is 11.9 Å². The number of carbonyl (C=O) groups excluding carboxylic acids is 2. The van der Waals surface area contributed by atoms with Gasteiger partial charge in [-0.2, -0.15) is 0 Å². The topological polar surface area (TPSA) is 72.8 Å². The molecule has 0 heterocycles. The van der Waals surface area contributed by atoms with Crippen LogP contribution in [0.4, 0.5) is 0 Å². The van der Waals surface area contributed by atoms with Crippen LogP contribution in [0.15, 0.2) is 72.9 Å². The van der Waals surface area contributed by atoms with Crippen LogP contribution in [0.2, 0.25) is 0 Å². The Morgan fingerprint density at radius 3 is 1.46 bits per heavy atom. The van der Waals surface area contributed by atoms with E-state index in [1.54, 1.807) is 0 Å². The Bertz CT molecular complexity index is 864. The van der Waals surface area contributed by atoms with Crippen LogP contribution in [-0.4, -0.2) is 36.4 Å². The number of aliphatic hydroxyl groups excluding tert-OH is 1. The zero-order valence-corrected chi connectivity index (χ0v) is 29.6. The molecule has 0 bridgehead atoms. The molecule has 1 atom stereocenters. The minimum Gasteiger partial charge on any atom is -0.462 e. The molecular weight excluding hydrogens is 572 g/mol. The van der Waals surface area contributed by atoms with Gasteiger partial charge < -0.3 is 14.6 Å². The number of carbonyl (C=O) groups is 2. The Morgan fingerprint density at radius 2 is 0.935 bits per heavy atom. The number of unbranched alkanes of at least 4 members (excludes halogenated alkanes) is 12. The van der Waals surface area contributed by atoms with Gasteiger partial charge in [0.05, 0.1) is 6.61 Å². The molecule has 262 valence electrons. The molecule has 0 aromatic heterocycles. The number of rotatable bonds is 32. The van der Waals surface area contributed by atoms with Gasteiger partial charge in [-0.15, -0.1) is 0 Å². The van der Waals surface area contributed by atoms with Crippen LogP contribution < -0.4 is 0 Å². The molecule has 5 nitrogen and oxygen atoms in total. The van der Waals surface area contributed by atoms with E-state index in [-0.39, 0.29) is 25.2 Å². The predicted octanol–water partition coefficient (Wildman–Crippen LogP) is 11.4. The van der Waals surface area contributed by atoms with Gasteiger partial charge in [-0.25, -0.2) is 0 Å². The fraction of sp³-hybridized carbons (Fsp3) is 0.659. The molecule has 1 N–H and O–H groups in total. The summed E-state index contributed by atoms with van der Waals surface area (Å²) in [5, 5.41) is 9.53. The highest BCUT2D eigenvalue weighted by Crippen LogP contribution is 2.11. The quantitative estimate of drug-likeness (QED) is 0.0450. The second kappa shape index (κ2) is 36.8.